The van der Waals surface area contributed by atoms with Crippen molar-refractivity contribution in [2.75, 3.05) is 5.32 Å². The van der Waals surface area contributed by atoms with E-state index in [1.807, 2.05) is 50.2 Å². The van der Waals surface area contributed by atoms with E-state index in [1.165, 1.54) is 6.42 Å². The molecule has 1 saturated carbocycles. The second-order valence-corrected chi connectivity index (χ2v) is 10.9. The first-order chi connectivity index (χ1) is 16.1. The number of aliphatic carboxylic acids is 1. The van der Waals surface area contributed by atoms with Gasteiger partial charge in [-0.15, -0.1) is 0 Å². The molecule has 1 aromatic heterocycles. The van der Waals surface area contributed by atoms with Crippen LogP contribution in [0.5, 0.6) is 5.75 Å². The van der Waals surface area contributed by atoms with Crippen LogP contribution in [0.2, 0.25) is 0 Å². The number of carboxylic acid groups (broad SMARTS) is 1. The number of hydrogen-bond donors (Lipinski definition) is 2. The summed E-state index contributed by atoms with van der Waals surface area (Å²) in [5, 5.41) is 12.6. The molecule has 4 rings (SSSR count). The molecule has 0 spiro atoms. The number of ether oxygens (including phenoxy) is 1. The van der Waals surface area contributed by atoms with E-state index in [4.69, 9.17) is 14.8 Å². The Morgan fingerprint density at radius 3 is 2.59 bits per heavy atom. The van der Waals surface area contributed by atoms with Crippen molar-refractivity contribution in [2.24, 2.45) is 11.3 Å². The summed E-state index contributed by atoms with van der Waals surface area (Å²) in [6.45, 7) is 11.1. The highest BCUT2D eigenvalue weighted by Gasteiger charge is 2.34. The first-order valence-electron chi connectivity index (χ1n) is 12.4. The monoisotopic (exact) mass is 463 g/mol. The quantitative estimate of drug-likeness (QED) is 0.377. The first kappa shape index (κ1) is 24.1. The van der Waals surface area contributed by atoms with Crippen molar-refractivity contribution in [1.82, 2.24) is 9.55 Å². The van der Waals surface area contributed by atoms with E-state index in [2.05, 4.69) is 36.7 Å². The number of nitrogens with one attached hydrogen (secondary N) is 1. The fourth-order valence-electron chi connectivity index (χ4n) is 5.52. The summed E-state index contributed by atoms with van der Waals surface area (Å²) in [6, 6.07) is 14.5. The Kier molecular flexibility index (Phi) is 6.87. The van der Waals surface area contributed by atoms with Crippen molar-refractivity contribution >= 4 is 28.6 Å². The van der Waals surface area contributed by atoms with Crippen molar-refractivity contribution < 1.29 is 14.6 Å². The molecule has 34 heavy (non-hydrogen) atoms. The Bertz CT molecular complexity index is 1150. The Balaban J connectivity index is 1.71. The smallest absolute Gasteiger partial charge is 0.303 e. The fourth-order valence-corrected chi connectivity index (χ4v) is 5.52. The van der Waals surface area contributed by atoms with Crippen molar-refractivity contribution in [3.05, 3.63) is 48.0 Å². The van der Waals surface area contributed by atoms with Gasteiger partial charge in [-0.2, -0.15) is 0 Å². The topological polar surface area (TPSA) is 76.4 Å². The molecule has 0 saturated heterocycles. The molecule has 0 amide bonds. The van der Waals surface area contributed by atoms with Gasteiger partial charge in [-0.25, -0.2) is 4.98 Å². The fraction of sp³-hybridized carbons (Fsp3) is 0.500. The average molecular weight is 464 g/mol. The highest BCUT2D eigenvalue weighted by Crippen LogP contribution is 2.46. The number of imidazole rings is 1. The largest absolute Gasteiger partial charge is 0.491 e. The van der Waals surface area contributed by atoms with Crippen LogP contribution in [-0.4, -0.2) is 26.7 Å². The summed E-state index contributed by atoms with van der Waals surface area (Å²) in [7, 11) is 0. The molecule has 3 aromatic rings. The number of aromatic nitrogens is 2. The van der Waals surface area contributed by atoms with Crippen LogP contribution in [0.1, 0.15) is 71.9 Å². The lowest BCUT2D eigenvalue weighted by Crippen LogP contribution is -2.29. The average Bonchev–Trinajstić information content (AvgIpc) is 3.09. The van der Waals surface area contributed by atoms with Gasteiger partial charge < -0.3 is 19.7 Å². The predicted octanol–water partition coefficient (Wildman–Crippen LogP) is 6.97. The van der Waals surface area contributed by atoms with Gasteiger partial charge in [0, 0.05) is 18.2 Å². The van der Waals surface area contributed by atoms with Crippen LogP contribution in [0, 0.1) is 11.3 Å². The molecule has 0 unspecified atom stereocenters. The number of nitrogens with zero attached hydrogens (tertiary/aromatic N) is 2. The molecule has 1 fully saturated rings. The third kappa shape index (κ3) is 5.72. The number of fused-ring (bicyclic) bond motifs is 1. The third-order valence-electron chi connectivity index (χ3n) is 6.59. The lowest BCUT2D eigenvalue weighted by Gasteiger charge is -2.40. The summed E-state index contributed by atoms with van der Waals surface area (Å²) in [5.74, 6) is 1.54. The molecule has 2 aromatic carbocycles. The minimum atomic E-state index is -0.781. The number of benzene rings is 2. The Hall–Kier alpha value is -3.02. The van der Waals surface area contributed by atoms with Crippen LogP contribution in [0.15, 0.2) is 42.5 Å². The summed E-state index contributed by atoms with van der Waals surface area (Å²) in [6.07, 6.45) is 4.21. The molecule has 6 nitrogen and oxygen atoms in total. The summed E-state index contributed by atoms with van der Waals surface area (Å²) in [5.41, 5.74) is 4.23. The summed E-state index contributed by atoms with van der Waals surface area (Å²) >= 11 is 0. The maximum Gasteiger partial charge on any atom is 0.303 e. The second-order valence-electron chi connectivity index (χ2n) is 10.9. The van der Waals surface area contributed by atoms with E-state index in [0.717, 1.165) is 46.8 Å². The van der Waals surface area contributed by atoms with E-state index in [9.17, 15) is 4.79 Å². The standard InChI is InChI=1S/C28H37N3O3/c1-18(2)34-23-10-8-21(9-11-23)29-27-30-24-15-20(7-13-26(32)33)6-12-25(24)31(27)22-14-19(3)16-28(4,5)17-22/h6,8-12,15,18-19,22H,7,13-14,16-17H2,1-5H3,(H,29,30)(H,32,33)/t19-,22+/m1/s1. The van der Waals surface area contributed by atoms with Gasteiger partial charge in [0.05, 0.1) is 17.1 Å². The Morgan fingerprint density at radius 1 is 1.21 bits per heavy atom. The zero-order valence-electron chi connectivity index (χ0n) is 21.0. The Morgan fingerprint density at radius 2 is 1.94 bits per heavy atom. The third-order valence-corrected chi connectivity index (χ3v) is 6.59. The number of anilines is 2. The van der Waals surface area contributed by atoms with E-state index < -0.39 is 5.97 Å². The molecular formula is C28H37N3O3. The van der Waals surface area contributed by atoms with E-state index >= 15 is 0 Å². The predicted molar refractivity (Wildman–Crippen MR) is 137 cm³/mol. The molecule has 1 aliphatic carbocycles. The van der Waals surface area contributed by atoms with Gasteiger partial charge in [-0.3, -0.25) is 4.79 Å². The maximum atomic E-state index is 11.0. The van der Waals surface area contributed by atoms with Gasteiger partial charge in [-0.05, 0) is 92.8 Å². The number of aryl methyl sites for hydroxylation is 1. The molecule has 0 bridgehead atoms. The minimum absolute atomic E-state index is 0.121. The molecule has 1 aliphatic rings. The van der Waals surface area contributed by atoms with Crippen molar-refractivity contribution in [1.29, 1.82) is 0 Å². The normalized spacial score (nSPS) is 19.9. The van der Waals surface area contributed by atoms with Crippen molar-refractivity contribution in [3.63, 3.8) is 0 Å². The van der Waals surface area contributed by atoms with Crippen LogP contribution >= 0.6 is 0 Å². The zero-order valence-corrected chi connectivity index (χ0v) is 21.0. The molecule has 182 valence electrons. The van der Waals surface area contributed by atoms with E-state index in [0.29, 0.717) is 18.4 Å². The molecule has 6 heteroatoms. The Labute approximate surface area is 202 Å². The van der Waals surface area contributed by atoms with Crippen LogP contribution in [0.3, 0.4) is 0 Å². The number of rotatable bonds is 8. The number of carboxylic acids is 1. The maximum absolute atomic E-state index is 11.0. The van der Waals surface area contributed by atoms with Gasteiger partial charge in [0.2, 0.25) is 5.95 Å². The van der Waals surface area contributed by atoms with Crippen LogP contribution in [0.25, 0.3) is 11.0 Å². The van der Waals surface area contributed by atoms with Gasteiger partial charge in [-0.1, -0.05) is 26.8 Å². The first-order valence-corrected chi connectivity index (χ1v) is 12.4. The lowest BCUT2D eigenvalue weighted by molar-refractivity contribution is -0.136. The molecule has 2 N–H and O–H groups in total. The second kappa shape index (κ2) is 9.69. The summed E-state index contributed by atoms with van der Waals surface area (Å²) < 4.78 is 8.15. The van der Waals surface area contributed by atoms with Crippen molar-refractivity contribution in [3.8, 4) is 5.75 Å². The minimum Gasteiger partial charge on any atom is -0.491 e. The molecule has 2 atom stereocenters. The molecular weight excluding hydrogens is 426 g/mol. The molecule has 0 aliphatic heterocycles. The van der Waals surface area contributed by atoms with Crippen LogP contribution < -0.4 is 10.1 Å². The van der Waals surface area contributed by atoms with Gasteiger partial charge in [0.1, 0.15) is 5.75 Å². The molecule has 0 radical (unpaired) electrons. The van der Waals surface area contributed by atoms with Crippen molar-refractivity contribution in [2.45, 2.75) is 78.9 Å². The van der Waals surface area contributed by atoms with E-state index in [1.54, 1.807) is 0 Å². The number of carbonyl (C=O) groups is 1. The highest BCUT2D eigenvalue weighted by molar-refractivity contribution is 5.81. The van der Waals surface area contributed by atoms with Gasteiger partial charge in [0.15, 0.2) is 0 Å². The molecule has 1 heterocycles. The summed E-state index contributed by atoms with van der Waals surface area (Å²) in [4.78, 5) is 16.0. The van der Waals surface area contributed by atoms with E-state index in [-0.39, 0.29) is 17.9 Å². The zero-order chi connectivity index (χ0) is 24.5. The van der Waals surface area contributed by atoms with Crippen LogP contribution in [0.4, 0.5) is 11.6 Å². The van der Waals surface area contributed by atoms with Gasteiger partial charge >= 0.3 is 5.97 Å². The lowest BCUT2D eigenvalue weighted by atomic mass is 9.70. The van der Waals surface area contributed by atoms with Gasteiger partial charge in [0.25, 0.3) is 0 Å². The number of hydrogen-bond acceptors (Lipinski definition) is 4. The van der Waals surface area contributed by atoms with Crippen LogP contribution in [-0.2, 0) is 11.2 Å². The highest BCUT2D eigenvalue weighted by atomic mass is 16.5. The SMILES string of the molecule is CC(C)Oc1ccc(Nc2nc3cc(CCC(=O)O)ccc3n2[C@H]2C[C@@H](C)CC(C)(C)C2)cc1.